The van der Waals surface area contributed by atoms with Gasteiger partial charge in [-0.25, -0.2) is 4.79 Å². The van der Waals surface area contributed by atoms with Gasteiger partial charge in [-0.05, 0) is 30.3 Å². The number of hydrogen-bond acceptors (Lipinski definition) is 4. The van der Waals surface area contributed by atoms with Crippen LogP contribution in [0.15, 0.2) is 57.7 Å². The maximum absolute atomic E-state index is 12.2. The molecule has 0 aliphatic carbocycles. The number of aromatic carboxylic acids is 1. The van der Waals surface area contributed by atoms with E-state index in [1.165, 1.54) is 25.3 Å². The maximum atomic E-state index is 12.2. The summed E-state index contributed by atoms with van der Waals surface area (Å²) in [6.45, 7) is 0. The van der Waals surface area contributed by atoms with Crippen LogP contribution >= 0.6 is 0 Å². The number of carbonyl (C=O) groups is 1. The van der Waals surface area contributed by atoms with Crippen LogP contribution in [0, 0.1) is 0 Å². The number of benzene rings is 2. The normalized spacial score (nSPS) is 10.6. The molecule has 2 aromatic carbocycles. The lowest BCUT2D eigenvalue weighted by molar-refractivity contribution is 0.0697. The zero-order chi connectivity index (χ0) is 15.7. The monoisotopic (exact) mass is 296 g/mol. The molecule has 0 unspecified atom stereocenters. The second-order valence-corrected chi connectivity index (χ2v) is 4.72. The highest BCUT2D eigenvalue weighted by Crippen LogP contribution is 2.24. The van der Waals surface area contributed by atoms with Crippen molar-refractivity contribution in [3.05, 3.63) is 64.3 Å². The summed E-state index contributed by atoms with van der Waals surface area (Å²) >= 11 is 0. The highest BCUT2D eigenvalue weighted by atomic mass is 16.5. The van der Waals surface area contributed by atoms with E-state index >= 15 is 0 Å². The summed E-state index contributed by atoms with van der Waals surface area (Å²) in [6.07, 6.45) is 0. The van der Waals surface area contributed by atoms with Gasteiger partial charge in [0.05, 0.1) is 18.1 Å². The van der Waals surface area contributed by atoms with Gasteiger partial charge in [-0.1, -0.05) is 12.1 Å². The Balaban J connectivity index is 2.12. The van der Waals surface area contributed by atoms with E-state index in [-0.39, 0.29) is 11.0 Å². The third kappa shape index (κ3) is 2.44. The maximum Gasteiger partial charge on any atom is 0.335 e. The van der Waals surface area contributed by atoms with Crippen LogP contribution in [0.5, 0.6) is 5.75 Å². The zero-order valence-corrected chi connectivity index (χ0v) is 11.7. The molecule has 1 heterocycles. The zero-order valence-electron chi connectivity index (χ0n) is 11.7. The average Bonchev–Trinajstić information content (AvgIpc) is 2.54. The van der Waals surface area contributed by atoms with Crippen LogP contribution in [0.4, 0.5) is 0 Å². The molecule has 0 amide bonds. The van der Waals surface area contributed by atoms with Crippen molar-refractivity contribution in [1.82, 2.24) is 0 Å². The molecular weight excluding hydrogens is 284 g/mol. The standard InChI is InChI=1S/C17H12O5/c1-21-12-6-7-15-13(8-12)14(18)9-16(22-15)10-2-4-11(5-3-10)17(19)20/h2-9H,1H3,(H,19,20). The van der Waals surface area contributed by atoms with Gasteiger partial charge in [-0.2, -0.15) is 0 Å². The first-order chi connectivity index (χ1) is 10.6. The molecule has 110 valence electrons. The lowest BCUT2D eigenvalue weighted by Crippen LogP contribution is -2.01. The fraction of sp³-hybridized carbons (Fsp3) is 0.0588. The number of ether oxygens (including phenoxy) is 1. The van der Waals surface area contributed by atoms with Crippen molar-refractivity contribution in [1.29, 1.82) is 0 Å². The van der Waals surface area contributed by atoms with Gasteiger partial charge in [0, 0.05) is 11.6 Å². The second-order valence-electron chi connectivity index (χ2n) is 4.72. The van der Waals surface area contributed by atoms with Crippen LogP contribution in [0.1, 0.15) is 10.4 Å². The molecule has 0 aliphatic rings. The lowest BCUT2D eigenvalue weighted by atomic mass is 10.1. The Labute approximate surface area is 125 Å². The Morgan fingerprint density at radius 3 is 2.45 bits per heavy atom. The Kier molecular flexibility index (Phi) is 3.39. The van der Waals surface area contributed by atoms with Crippen molar-refractivity contribution < 1.29 is 19.1 Å². The van der Waals surface area contributed by atoms with E-state index in [0.717, 1.165) is 0 Å². The Morgan fingerprint density at radius 1 is 1.09 bits per heavy atom. The van der Waals surface area contributed by atoms with Crippen molar-refractivity contribution in [2.75, 3.05) is 7.11 Å². The second kappa shape index (κ2) is 5.37. The van der Waals surface area contributed by atoms with E-state index in [1.807, 2.05) is 0 Å². The van der Waals surface area contributed by atoms with Gasteiger partial charge < -0.3 is 14.3 Å². The van der Waals surface area contributed by atoms with Gasteiger partial charge in [0.25, 0.3) is 0 Å². The largest absolute Gasteiger partial charge is 0.497 e. The molecule has 5 heteroatoms. The van der Waals surface area contributed by atoms with Crippen LogP contribution in [-0.2, 0) is 0 Å². The SMILES string of the molecule is COc1ccc2oc(-c3ccc(C(=O)O)cc3)cc(=O)c2c1. The van der Waals surface area contributed by atoms with Crippen molar-refractivity contribution in [3.8, 4) is 17.1 Å². The molecule has 0 aliphatic heterocycles. The molecule has 1 aromatic heterocycles. The summed E-state index contributed by atoms with van der Waals surface area (Å²) in [7, 11) is 1.53. The van der Waals surface area contributed by atoms with Crippen LogP contribution in [-0.4, -0.2) is 18.2 Å². The van der Waals surface area contributed by atoms with E-state index in [4.69, 9.17) is 14.3 Å². The van der Waals surface area contributed by atoms with E-state index in [9.17, 15) is 9.59 Å². The molecule has 0 atom stereocenters. The third-order valence-electron chi connectivity index (χ3n) is 3.35. The number of carboxylic acids is 1. The van der Waals surface area contributed by atoms with Gasteiger partial charge in [0.2, 0.25) is 0 Å². The van der Waals surface area contributed by atoms with Crippen molar-refractivity contribution in [2.24, 2.45) is 0 Å². The van der Waals surface area contributed by atoms with Crippen LogP contribution < -0.4 is 10.2 Å². The van der Waals surface area contributed by atoms with Crippen LogP contribution in [0.25, 0.3) is 22.3 Å². The number of fused-ring (bicyclic) bond motifs is 1. The lowest BCUT2D eigenvalue weighted by Gasteiger charge is -2.05. The molecule has 0 bridgehead atoms. The smallest absolute Gasteiger partial charge is 0.335 e. The molecule has 0 radical (unpaired) electrons. The summed E-state index contributed by atoms with van der Waals surface area (Å²) in [5, 5.41) is 9.33. The Morgan fingerprint density at radius 2 is 1.82 bits per heavy atom. The summed E-state index contributed by atoms with van der Waals surface area (Å²) in [4.78, 5) is 23.1. The summed E-state index contributed by atoms with van der Waals surface area (Å²) in [5.41, 5.74) is 1.08. The number of hydrogen-bond donors (Lipinski definition) is 1. The quantitative estimate of drug-likeness (QED) is 0.803. The highest BCUT2D eigenvalue weighted by molar-refractivity contribution is 5.88. The first-order valence-electron chi connectivity index (χ1n) is 6.54. The summed E-state index contributed by atoms with van der Waals surface area (Å²) in [5.74, 6) is -0.0309. The fourth-order valence-corrected chi connectivity index (χ4v) is 2.18. The molecule has 0 spiro atoms. The molecule has 3 rings (SSSR count). The van der Waals surface area contributed by atoms with Crippen molar-refractivity contribution in [2.45, 2.75) is 0 Å². The van der Waals surface area contributed by atoms with E-state index in [0.29, 0.717) is 28.0 Å². The number of carboxylic acid groups (broad SMARTS) is 1. The third-order valence-corrected chi connectivity index (χ3v) is 3.35. The van der Waals surface area contributed by atoms with Crippen LogP contribution in [0.2, 0.25) is 0 Å². The van der Waals surface area contributed by atoms with Crippen molar-refractivity contribution >= 4 is 16.9 Å². The van der Waals surface area contributed by atoms with Crippen molar-refractivity contribution in [3.63, 3.8) is 0 Å². The van der Waals surface area contributed by atoms with E-state index in [1.54, 1.807) is 30.3 Å². The van der Waals surface area contributed by atoms with E-state index < -0.39 is 5.97 Å². The molecule has 22 heavy (non-hydrogen) atoms. The minimum absolute atomic E-state index is 0.177. The van der Waals surface area contributed by atoms with Gasteiger partial charge >= 0.3 is 5.97 Å². The molecule has 5 nitrogen and oxygen atoms in total. The first-order valence-corrected chi connectivity index (χ1v) is 6.54. The highest BCUT2D eigenvalue weighted by Gasteiger charge is 2.09. The molecule has 0 saturated heterocycles. The fourth-order valence-electron chi connectivity index (χ4n) is 2.18. The van der Waals surface area contributed by atoms with Gasteiger partial charge in [-0.15, -0.1) is 0 Å². The van der Waals surface area contributed by atoms with E-state index in [2.05, 4.69) is 0 Å². The predicted octanol–water partition coefficient (Wildman–Crippen LogP) is 3.17. The topological polar surface area (TPSA) is 76.7 Å². The van der Waals surface area contributed by atoms with Gasteiger partial charge in [-0.3, -0.25) is 4.79 Å². The van der Waals surface area contributed by atoms with Gasteiger partial charge in [0.15, 0.2) is 5.43 Å². The minimum atomic E-state index is -1.00. The molecular formula is C17H12O5. The Hall–Kier alpha value is -3.08. The molecule has 1 N–H and O–H groups in total. The first kappa shape index (κ1) is 13.9. The molecule has 3 aromatic rings. The molecule has 0 fully saturated rings. The Bertz CT molecular complexity index is 906. The number of rotatable bonds is 3. The predicted molar refractivity (Wildman–Crippen MR) is 81.4 cm³/mol. The summed E-state index contributed by atoms with van der Waals surface area (Å²) < 4.78 is 10.8. The molecule has 0 saturated carbocycles. The average molecular weight is 296 g/mol. The summed E-state index contributed by atoms with van der Waals surface area (Å²) in [6, 6.07) is 12.5. The van der Waals surface area contributed by atoms with Crippen LogP contribution in [0.3, 0.4) is 0 Å². The minimum Gasteiger partial charge on any atom is -0.497 e. The number of methoxy groups -OCH3 is 1. The van der Waals surface area contributed by atoms with Gasteiger partial charge in [0.1, 0.15) is 17.1 Å².